The van der Waals surface area contributed by atoms with Gasteiger partial charge in [0.05, 0.1) is 19.8 Å². The van der Waals surface area contributed by atoms with Gasteiger partial charge in [-0.3, -0.25) is 14.4 Å². The van der Waals surface area contributed by atoms with Gasteiger partial charge in [-0.2, -0.15) is 0 Å². The molecule has 3 aromatic rings. The lowest BCUT2D eigenvalue weighted by Gasteiger charge is -2.38. The van der Waals surface area contributed by atoms with Gasteiger partial charge >= 0.3 is 0 Å². The number of carbonyl (C=O) groups is 3. The van der Waals surface area contributed by atoms with Crippen LogP contribution >= 0.6 is 0 Å². The zero-order chi connectivity index (χ0) is 28.3. The molecule has 6 bridgehead atoms. The van der Waals surface area contributed by atoms with E-state index < -0.39 is 6.04 Å². The summed E-state index contributed by atoms with van der Waals surface area (Å²) in [6.07, 6.45) is 2.59. The number of rotatable bonds is 3. The summed E-state index contributed by atoms with van der Waals surface area (Å²) in [4.78, 5) is 42.6. The number of benzene rings is 3. The Balaban J connectivity index is 1.42. The van der Waals surface area contributed by atoms with Gasteiger partial charge < -0.3 is 29.3 Å². The number of fused-ring (bicyclic) bond motifs is 8. The summed E-state index contributed by atoms with van der Waals surface area (Å²) >= 11 is 0. The summed E-state index contributed by atoms with van der Waals surface area (Å²) in [6, 6.07) is 18.6. The van der Waals surface area contributed by atoms with Crippen LogP contribution in [0.1, 0.15) is 52.4 Å². The van der Waals surface area contributed by atoms with Gasteiger partial charge in [-0.1, -0.05) is 18.2 Å². The maximum Gasteiger partial charge on any atom is 0.257 e. The number of ether oxygens (including phenoxy) is 3. The third-order valence-corrected chi connectivity index (χ3v) is 7.84. The fraction of sp³-hybridized carbons (Fsp3) is 0.344. The highest BCUT2D eigenvalue weighted by Crippen LogP contribution is 2.42. The Morgan fingerprint density at radius 3 is 2.68 bits per heavy atom. The molecule has 4 aliphatic heterocycles. The minimum absolute atomic E-state index is 0.0819. The summed E-state index contributed by atoms with van der Waals surface area (Å²) < 4.78 is 17.6. The minimum Gasteiger partial charge on any atom is -0.494 e. The van der Waals surface area contributed by atoms with E-state index in [1.54, 1.807) is 18.1 Å². The molecule has 3 amide bonds. The maximum atomic E-state index is 14.2. The van der Waals surface area contributed by atoms with E-state index in [0.717, 1.165) is 28.8 Å². The van der Waals surface area contributed by atoms with Crippen molar-refractivity contribution in [3.8, 4) is 17.2 Å². The second-order valence-corrected chi connectivity index (χ2v) is 10.5. The normalized spacial score (nSPS) is 18.9. The highest BCUT2D eigenvalue weighted by atomic mass is 16.5. The molecule has 1 unspecified atom stereocenters. The molecule has 0 aliphatic carbocycles. The molecule has 0 spiro atoms. The molecule has 4 aliphatic rings. The quantitative estimate of drug-likeness (QED) is 0.527. The zero-order valence-corrected chi connectivity index (χ0v) is 23.1. The van der Waals surface area contributed by atoms with Gasteiger partial charge in [0.2, 0.25) is 5.91 Å². The lowest BCUT2D eigenvalue weighted by atomic mass is 9.87. The number of nitrogens with one attached hydrogen (secondary N) is 1. The highest BCUT2D eigenvalue weighted by Gasteiger charge is 2.35. The average molecular weight is 556 g/mol. The van der Waals surface area contributed by atoms with Crippen molar-refractivity contribution >= 4 is 23.4 Å². The Kier molecular flexibility index (Phi) is 7.50. The van der Waals surface area contributed by atoms with Crippen molar-refractivity contribution < 1.29 is 28.6 Å². The fourth-order valence-electron chi connectivity index (χ4n) is 5.83. The fourth-order valence-corrected chi connectivity index (χ4v) is 5.83. The van der Waals surface area contributed by atoms with Gasteiger partial charge in [-0.05, 0) is 78.4 Å². The zero-order valence-electron chi connectivity index (χ0n) is 23.1. The van der Waals surface area contributed by atoms with E-state index in [0.29, 0.717) is 68.3 Å². The molecule has 212 valence electrons. The summed E-state index contributed by atoms with van der Waals surface area (Å²) in [7, 11) is 1.56. The molecule has 7 rings (SSSR count). The van der Waals surface area contributed by atoms with E-state index in [4.69, 9.17) is 14.2 Å². The summed E-state index contributed by atoms with van der Waals surface area (Å²) in [5, 5.41) is 2.85. The van der Waals surface area contributed by atoms with E-state index >= 15 is 0 Å². The van der Waals surface area contributed by atoms with Gasteiger partial charge in [0.1, 0.15) is 5.75 Å². The van der Waals surface area contributed by atoms with E-state index in [1.807, 2.05) is 59.5 Å². The molecule has 1 atom stereocenters. The molecule has 1 saturated heterocycles. The summed E-state index contributed by atoms with van der Waals surface area (Å²) in [5.41, 5.74) is 4.14. The first kappa shape index (κ1) is 26.7. The summed E-state index contributed by atoms with van der Waals surface area (Å²) in [6.45, 7) is 1.91. The van der Waals surface area contributed by atoms with Crippen LogP contribution in [0.25, 0.3) is 0 Å². The van der Waals surface area contributed by atoms with Crippen molar-refractivity contribution in [2.75, 3.05) is 44.9 Å². The standard InChI is InChI=1S/C32H33N3O6/c1-39-27-19-26-21-11-14-35(32(38)23-7-2-8-24(16-23)34-13-4-10-30(34)37)31(26)22-6-3-9-25(17-22)40-15-5-12-33-29(36)20-41-28(27)18-21/h2-3,6-9,16-19,31H,4-5,10-15,20H2,1H3,(H,33,36). The van der Waals surface area contributed by atoms with E-state index in [-0.39, 0.29) is 24.3 Å². The third-order valence-electron chi connectivity index (χ3n) is 7.84. The van der Waals surface area contributed by atoms with Crippen molar-refractivity contribution in [1.82, 2.24) is 10.2 Å². The third kappa shape index (κ3) is 5.44. The van der Waals surface area contributed by atoms with Crippen molar-refractivity contribution in [2.45, 2.75) is 31.7 Å². The smallest absolute Gasteiger partial charge is 0.257 e. The number of hydrogen-bond acceptors (Lipinski definition) is 6. The van der Waals surface area contributed by atoms with Crippen LogP contribution in [-0.2, 0) is 16.0 Å². The number of carbonyl (C=O) groups excluding carboxylic acids is 3. The minimum atomic E-state index is -0.411. The molecule has 1 N–H and O–H groups in total. The second-order valence-electron chi connectivity index (χ2n) is 10.5. The van der Waals surface area contributed by atoms with Crippen LogP contribution in [0.4, 0.5) is 5.69 Å². The number of nitrogens with zero attached hydrogens (tertiary/aromatic N) is 2. The maximum absolute atomic E-state index is 14.2. The van der Waals surface area contributed by atoms with Crippen LogP contribution in [-0.4, -0.2) is 62.6 Å². The second kappa shape index (κ2) is 11.5. The highest BCUT2D eigenvalue weighted by molar-refractivity contribution is 5.99. The first-order valence-electron chi connectivity index (χ1n) is 14.1. The Bertz CT molecular complexity index is 1490. The molecule has 4 heterocycles. The van der Waals surface area contributed by atoms with Gasteiger partial charge in [0.25, 0.3) is 11.8 Å². The van der Waals surface area contributed by atoms with Gasteiger partial charge in [-0.15, -0.1) is 0 Å². The molecular formula is C32H33N3O6. The molecule has 0 aromatic heterocycles. The van der Waals surface area contributed by atoms with Crippen LogP contribution in [0.3, 0.4) is 0 Å². The predicted molar refractivity (Wildman–Crippen MR) is 153 cm³/mol. The number of hydrogen-bond donors (Lipinski definition) is 1. The SMILES string of the molecule is COc1cc2c3cc1OCC(=O)NCCCOc1cccc(c1)C2N(C(=O)c1cccc(N2CCCC2=O)c1)CC3. The monoisotopic (exact) mass is 555 g/mol. The molecule has 3 aromatic carbocycles. The van der Waals surface area contributed by atoms with E-state index in [2.05, 4.69) is 5.32 Å². The molecule has 41 heavy (non-hydrogen) atoms. The number of methoxy groups -OCH3 is 1. The Labute approximate surface area is 239 Å². The van der Waals surface area contributed by atoms with Crippen molar-refractivity contribution in [1.29, 1.82) is 0 Å². The number of anilines is 1. The van der Waals surface area contributed by atoms with Crippen molar-refractivity contribution in [3.05, 3.63) is 82.9 Å². The van der Waals surface area contributed by atoms with Gasteiger partial charge in [-0.25, -0.2) is 0 Å². The van der Waals surface area contributed by atoms with E-state index in [1.165, 1.54) is 0 Å². The van der Waals surface area contributed by atoms with Crippen LogP contribution in [0.2, 0.25) is 0 Å². The molecule has 1 fully saturated rings. The number of amides is 3. The Hall–Kier alpha value is -4.53. The van der Waals surface area contributed by atoms with Crippen LogP contribution in [0.5, 0.6) is 17.2 Å². The van der Waals surface area contributed by atoms with Gasteiger partial charge in [0, 0.05) is 37.3 Å². The van der Waals surface area contributed by atoms with Crippen molar-refractivity contribution in [2.24, 2.45) is 0 Å². The van der Waals surface area contributed by atoms with Crippen LogP contribution < -0.4 is 24.4 Å². The van der Waals surface area contributed by atoms with Crippen LogP contribution in [0.15, 0.2) is 60.7 Å². The first-order chi connectivity index (χ1) is 20.0. The summed E-state index contributed by atoms with van der Waals surface area (Å²) in [5.74, 6) is 1.43. The lowest BCUT2D eigenvalue weighted by molar-refractivity contribution is -0.123. The molecule has 9 nitrogen and oxygen atoms in total. The molecular weight excluding hydrogens is 522 g/mol. The lowest BCUT2D eigenvalue weighted by Crippen LogP contribution is -2.40. The molecule has 0 saturated carbocycles. The topological polar surface area (TPSA) is 97.4 Å². The first-order valence-corrected chi connectivity index (χ1v) is 14.1. The Morgan fingerprint density at radius 1 is 0.976 bits per heavy atom. The predicted octanol–water partition coefficient (Wildman–Crippen LogP) is 3.89. The van der Waals surface area contributed by atoms with Crippen LogP contribution in [0, 0.1) is 0 Å². The largest absolute Gasteiger partial charge is 0.494 e. The van der Waals surface area contributed by atoms with Crippen molar-refractivity contribution in [3.63, 3.8) is 0 Å². The molecule has 0 radical (unpaired) electrons. The molecule has 9 heteroatoms. The van der Waals surface area contributed by atoms with Gasteiger partial charge in [0.15, 0.2) is 18.1 Å². The van der Waals surface area contributed by atoms with E-state index in [9.17, 15) is 14.4 Å². The Morgan fingerprint density at radius 2 is 1.85 bits per heavy atom. The average Bonchev–Trinajstić information content (AvgIpc) is 3.43.